The van der Waals surface area contributed by atoms with Gasteiger partial charge in [-0.3, -0.25) is 9.59 Å². The maximum atomic E-state index is 13.7. The lowest BCUT2D eigenvalue weighted by molar-refractivity contribution is 0.0998. The Labute approximate surface area is 108 Å². The molecule has 5 heteroatoms. The number of ether oxygens (including phenoxy) is 1. The zero-order valence-corrected chi connectivity index (χ0v) is 9.80. The van der Waals surface area contributed by atoms with Crippen LogP contribution in [0.5, 0.6) is 11.5 Å². The zero-order valence-electron chi connectivity index (χ0n) is 9.80. The zero-order chi connectivity index (χ0) is 13.8. The van der Waals surface area contributed by atoms with Crippen LogP contribution in [-0.4, -0.2) is 12.2 Å². The van der Waals surface area contributed by atoms with Crippen molar-refractivity contribution < 1.29 is 18.7 Å². The molecule has 0 aliphatic heterocycles. The van der Waals surface area contributed by atoms with Crippen molar-refractivity contribution >= 4 is 12.2 Å². The number of hydrogen-bond donors (Lipinski definition) is 1. The molecule has 0 aliphatic carbocycles. The molecule has 0 heterocycles. The average Bonchev–Trinajstić information content (AvgIpc) is 2.41. The van der Waals surface area contributed by atoms with Crippen molar-refractivity contribution in [2.75, 3.05) is 0 Å². The molecule has 19 heavy (non-hydrogen) atoms. The van der Waals surface area contributed by atoms with Gasteiger partial charge in [0.05, 0.1) is 11.1 Å². The van der Waals surface area contributed by atoms with Crippen LogP contribution in [0, 0.1) is 5.82 Å². The summed E-state index contributed by atoms with van der Waals surface area (Å²) in [4.78, 5) is 22.1. The van der Waals surface area contributed by atoms with Crippen LogP contribution >= 0.6 is 0 Å². The SMILES string of the molecule is NC(=O)c1ccccc1Oc1c(F)cccc1C=O. The summed E-state index contributed by atoms with van der Waals surface area (Å²) >= 11 is 0. The monoisotopic (exact) mass is 259 g/mol. The number of aldehydes is 1. The predicted molar refractivity (Wildman–Crippen MR) is 66.8 cm³/mol. The Morgan fingerprint density at radius 2 is 1.89 bits per heavy atom. The number of halogens is 1. The van der Waals surface area contributed by atoms with Gasteiger partial charge in [0.2, 0.25) is 0 Å². The maximum Gasteiger partial charge on any atom is 0.252 e. The normalized spacial score (nSPS) is 9.95. The third-order valence-corrected chi connectivity index (χ3v) is 2.49. The number of para-hydroxylation sites is 2. The summed E-state index contributed by atoms with van der Waals surface area (Å²) in [5, 5.41) is 0. The summed E-state index contributed by atoms with van der Waals surface area (Å²) in [6.45, 7) is 0. The highest BCUT2D eigenvalue weighted by Crippen LogP contribution is 2.29. The Balaban J connectivity index is 2.48. The predicted octanol–water partition coefficient (Wildman–Crippen LogP) is 2.53. The number of carbonyl (C=O) groups excluding carboxylic acids is 2. The molecule has 0 atom stereocenters. The minimum Gasteiger partial charge on any atom is -0.453 e. The van der Waals surface area contributed by atoms with Gasteiger partial charge >= 0.3 is 0 Å². The summed E-state index contributed by atoms with van der Waals surface area (Å²) in [7, 11) is 0. The minimum absolute atomic E-state index is 0.0549. The third kappa shape index (κ3) is 2.60. The van der Waals surface area contributed by atoms with Gasteiger partial charge in [-0.15, -0.1) is 0 Å². The van der Waals surface area contributed by atoms with Gasteiger partial charge in [-0.05, 0) is 24.3 Å². The lowest BCUT2D eigenvalue weighted by Crippen LogP contribution is -2.12. The van der Waals surface area contributed by atoms with Crippen LogP contribution in [0.3, 0.4) is 0 Å². The molecule has 0 aromatic heterocycles. The van der Waals surface area contributed by atoms with Gasteiger partial charge in [0.25, 0.3) is 5.91 Å². The molecule has 0 aliphatic rings. The Hall–Kier alpha value is -2.69. The molecule has 2 aromatic rings. The number of nitrogens with two attached hydrogens (primary N) is 1. The number of amides is 1. The summed E-state index contributed by atoms with van der Waals surface area (Å²) in [5.74, 6) is -1.52. The van der Waals surface area contributed by atoms with Gasteiger partial charge in [-0.2, -0.15) is 0 Å². The van der Waals surface area contributed by atoms with Crippen molar-refractivity contribution in [3.05, 3.63) is 59.4 Å². The van der Waals surface area contributed by atoms with E-state index in [9.17, 15) is 14.0 Å². The Bertz CT molecular complexity index is 640. The topological polar surface area (TPSA) is 69.4 Å². The van der Waals surface area contributed by atoms with Crippen molar-refractivity contribution in [2.45, 2.75) is 0 Å². The van der Waals surface area contributed by atoms with E-state index in [1.54, 1.807) is 12.1 Å². The van der Waals surface area contributed by atoms with Gasteiger partial charge in [0.15, 0.2) is 17.9 Å². The number of carbonyl (C=O) groups is 2. The van der Waals surface area contributed by atoms with Gasteiger partial charge < -0.3 is 10.5 Å². The molecule has 0 saturated carbocycles. The minimum atomic E-state index is -0.695. The van der Waals surface area contributed by atoms with E-state index in [-0.39, 0.29) is 22.6 Å². The van der Waals surface area contributed by atoms with E-state index in [0.29, 0.717) is 6.29 Å². The van der Waals surface area contributed by atoms with E-state index in [2.05, 4.69) is 0 Å². The first-order valence-electron chi connectivity index (χ1n) is 5.44. The van der Waals surface area contributed by atoms with Crippen LogP contribution in [-0.2, 0) is 0 Å². The van der Waals surface area contributed by atoms with Crippen molar-refractivity contribution in [1.29, 1.82) is 0 Å². The van der Waals surface area contributed by atoms with Crippen molar-refractivity contribution in [2.24, 2.45) is 5.73 Å². The standard InChI is InChI=1S/C14H10FNO3/c15-11-6-3-4-9(8-17)13(11)19-12-7-2-1-5-10(12)14(16)18/h1-8H,(H2,16,18). The molecule has 4 nitrogen and oxygen atoms in total. The summed E-state index contributed by atoms with van der Waals surface area (Å²) in [6, 6.07) is 10.1. The highest BCUT2D eigenvalue weighted by molar-refractivity contribution is 5.95. The fourth-order valence-corrected chi connectivity index (χ4v) is 1.60. The smallest absolute Gasteiger partial charge is 0.252 e. The molecule has 2 aromatic carbocycles. The lowest BCUT2D eigenvalue weighted by Gasteiger charge is -2.11. The summed E-state index contributed by atoms with van der Waals surface area (Å²) < 4.78 is 19.0. The molecular weight excluding hydrogens is 249 g/mol. The van der Waals surface area contributed by atoms with Gasteiger partial charge in [0.1, 0.15) is 5.75 Å². The molecule has 0 bridgehead atoms. The molecule has 1 amide bonds. The summed E-state index contributed by atoms with van der Waals surface area (Å²) in [6.07, 6.45) is 0.477. The van der Waals surface area contributed by atoms with Crippen molar-refractivity contribution in [3.8, 4) is 11.5 Å². The number of benzene rings is 2. The fourth-order valence-electron chi connectivity index (χ4n) is 1.60. The largest absolute Gasteiger partial charge is 0.453 e. The molecule has 96 valence electrons. The van der Waals surface area contributed by atoms with Crippen molar-refractivity contribution in [3.63, 3.8) is 0 Å². The van der Waals surface area contributed by atoms with Gasteiger partial charge in [-0.1, -0.05) is 18.2 Å². The van der Waals surface area contributed by atoms with Crippen molar-refractivity contribution in [1.82, 2.24) is 0 Å². The first-order chi connectivity index (χ1) is 9.13. The molecule has 0 spiro atoms. The number of primary amides is 1. The van der Waals surface area contributed by atoms with Crippen LogP contribution in [0.15, 0.2) is 42.5 Å². The molecule has 0 saturated heterocycles. The number of hydrogen-bond acceptors (Lipinski definition) is 3. The van der Waals surface area contributed by atoms with Crippen LogP contribution in [0.1, 0.15) is 20.7 Å². The lowest BCUT2D eigenvalue weighted by atomic mass is 10.1. The van der Waals surface area contributed by atoms with Crippen LogP contribution in [0.2, 0.25) is 0 Å². The Morgan fingerprint density at radius 1 is 1.16 bits per heavy atom. The molecule has 0 fully saturated rings. The van der Waals surface area contributed by atoms with E-state index in [0.717, 1.165) is 6.07 Å². The van der Waals surface area contributed by atoms with E-state index in [1.807, 2.05) is 0 Å². The van der Waals surface area contributed by atoms with Crippen LogP contribution in [0.25, 0.3) is 0 Å². The number of rotatable bonds is 4. The third-order valence-electron chi connectivity index (χ3n) is 2.49. The molecule has 0 radical (unpaired) electrons. The fraction of sp³-hybridized carbons (Fsp3) is 0. The van der Waals surface area contributed by atoms with Crippen LogP contribution < -0.4 is 10.5 Å². The highest BCUT2D eigenvalue weighted by Gasteiger charge is 2.14. The Morgan fingerprint density at radius 3 is 2.58 bits per heavy atom. The second-order valence-electron chi connectivity index (χ2n) is 3.74. The quantitative estimate of drug-likeness (QED) is 0.858. The molecule has 0 unspecified atom stereocenters. The highest BCUT2D eigenvalue weighted by atomic mass is 19.1. The molecular formula is C14H10FNO3. The average molecular weight is 259 g/mol. The second-order valence-corrected chi connectivity index (χ2v) is 3.74. The van der Waals surface area contributed by atoms with E-state index < -0.39 is 11.7 Å². The van der Waals surface area contributed by atoms with E-state index >= 15 is 0 Å². The molecule has 2 N–H and O–H groups in total. The van der Waals surface area contributed by atoms with Crippen LogP contribution in [0.4, 0.5) is 4.39 Å². The second kappa shape index (κ2) is 5.30. The Kier molecular flexibility index (Phi) is 3.56. The first kappa shape index (κ1) is 12.8. The maximum absolute atomic E-state index is 13.7. The van der Waals surface area contributed by atoms with Gasteiger partial charge in [0, 0.05) is 0 Å². The van der Waals surface area contributed by atoms with E-state index in [4.69, 9.17) is 10.5 Å². The first-order valence-corrected chi connectivity index (χ1v) is 5.44. The summed E-state index contributed by atoms with van der Waals surface area (Å²) in [5.41, 5.74) is 5.36. The van der Waals surface area contributed by atoms with E-state index in [1.165, 1.54) is 24.3 Å². The van der Waals surface area contributed by atoms with Gasteiger partial charge in [-0.25, -0.2) is 4.39 Å². The molecule has 2 rings (SSSR count).